The van der Waals surface area contributed by atoms with Crippen molar-refractivity contribution in [2.45, 2.75) is 38.8 Å². The number of rotatable bonds is 0. The summed E-state index contributed by atoms with van der Waals surface area (Å²) in [6.07, 6.45) is 3.65. The Morgan fingerprint density at radius 2 is 2.28 bits per heavy atom. The Bertz CT molecular complexity index is 629. The first kappa shape index (κ1) is 10.6. The third kappa shape index (κ3) is 1.37. The van der Waals surface area contributed by atoms with E-state index in [9.17, 15) is 4.39 Å². The molecule has 3 heteroatoms. The number of halogens is 1. The van der Waals surface area contributed by atoms with Crippen molar-refractivity contribution in [2.75, 3.05) is 6.54 Å². The molecule has 2 nitrogen and oxygen atoms in total. The van der Waals surface area contributed by atoms with Crippen LogP contribution in [0.5, 0.6) is 0 Å². The van der Waals surface area contributed by atoms with E-state index in [0.29, 0.717) is 11.6 Å². The van der Waals surface area contributed by atoms with Crippen molar-refractivity contribution < 1.29 is 4.39 Å². The molecule has 0 bridgehead atoms. The lowest BCUT2D eigenvalue weighted by Crippen LogP contribution is -2.34. The molecule has 1 saturated heterocycles. The van der Waals surface area contributed by atoms with E-state index in [4.69, 9.17) is 0 Å². The standard InChI is InChI=1S/C15H17FN2/c1-9-5-11-12-8-18-4-2-3-10(18)7-14(12)17-15(11)13(16)6-9/h5-6,10,17H,2-4,7-8H2,1H3. The molecule has 1 aromatic carbocycles. The molecule has 0 saturated carbocycles. The lowest BCUT2D eigenvalue weighted by atomic mass is 9.98. The molecule has 1 atom stereocenters. The fourth-order valence-corrected chi connectivity index (χ4v) is 3.62. The van der Waals surface area contributed by atoms with E-state index >= 15 is 0 Å². The molecule has 1 fully saturated rings. The highest BCUT2D eigenvalue weighted by Gasteiger charge is 2.32. The highest BCUT2D eigenvalue weighted by atomic mass is 19.1. The number of nitrogens with zero attached hydrogens (tertiary/aromatic N) is 1. The zero-order valence-electron chi connectivity index (χ0n) is 10.6. The van der Waals surface area contributed by atoms with Crippen LogP contribution in [-0.2, 0) is 13.0 Å². The van der Waals surface area contributed by atoms with Crippen LogP contribution in [0.2, 0.25) is 0 Å². The summed E-state index contributed by atoms with van der Waals surface area (Å²) in [5.41, 5.74) is 4.29. The molecule has 18 heavy (non-hydrogen) atoms. The van der Waals surface area contributed by atoms with E-state index in [1.54, 1.807) is 6.07 Å². The molecular weight excluding hydrogens is 227 g/mol. The van der Waals surface area contributed by atoms with Crippen LogP contribution in [0, 0.1) is 12.7 Å². The lowest BCUT2D eigenvalue weighted by molar-refractivity contribution is 0.227. The van der Waals surface area contributed by atoms with Gasteiger partial charge in [-0.3, -0.25) is 4.90 Å². The van der Waals surface area contributed by atoms with Crippen molar-refractivity contribution in [3.8, 4) is 0 Å². The number of benzene rings is 1. The van der Waals surface area contributed by atoms with Crippen LogP contribution in [0.1, 0.15) is 29.7 Å². The number of hydrogen-bond acceptors (Lipinski definition) is 1. The van der Waals surface area contributed by atoms with Crippen LogP contribution in [-0.4, -0.2) is 22.5 Å². The molecule has 4 rings (SSSR count). The maximum Gasteiger partial charge on any atom is 0.147 e. The van der Waals surface area contributed by atoms with Crippen LogP contribution in [0.15, 0.2) is 12.1 Å². The minimum atomic E-state index is -0.112. The van der Waals surface area contributed by atoms with Crippen LogP contribution >= 0.6 is 0 Å². The third-order valence-corrected chi connectivity index (χ3v) is 4.50. The van der Waals surface area contributed by atoms with Crippen molar-refractivity contribution in [2.24, 2.45) is 0 Å². The zero-order chi connectivity index (χ0) is 12.3. The predicted molar refractivity (Wildman–Crippen MR) is 70.1 cm³/mol. The summed E-state index contributed by atoms with van der Waals surface area (Å²) in [4.78, 5) is 5.87. The van der Waals surface area contributed by atoms with E-state index < -0.39 is 0 Å². The molecule has 2 aromatic rings. The van der Waals surface area contributed by atoms with Crippen molar-refractivity contribution >= 4 is 10.9 Å². The molecule has 0 radical (unpaired) electrons. The molecule has 94 valence electrons. The number of hydrogen-bond donors (Lipinski definition) is 1. The third-order valence-electron chi connectivity index (χ3n) is 4.50. The summed E-state index contributed by atoms with van der Waals surface area (Å²) in [5, 5.41) is 1.09. The maximum atomic E-state index is 14.0. The summed E-state index contributed by atoms with van der Waals surface area (Å²) >= 11 is 0. The fourth-order valence-electron chi connectivity index (χ4n) is 3.62. The number of aromatic nitrogens is 1. The minimum Gasteiger partial charge on any atom is -0.356 e. The Kier molecular flexibility index (Phi) is 2.10. The second-order valence-electron chi connectivity index (χ2n) is 5.72. The predicted octanol–water partition coefficient (Wildman–Crippen LogP) is 3.14. The molecule has 1 aromatic heterocycles. The Morgan fingerprint density at radius 3 is 3.17 bits per heavy atom. The van der Waals surface area contributed by atoms with Gasteiger partial charge in [0.1, 0.15) is 5.82 Å². The molecule has 0 amide bonds. The summed E-state index contributed by atoms with van der Waals surface area (Å²) in [6, 6.07) is 4.41. The van der Waals surface area contributed by atoms with E-state index in [1.807, 2.05) is 6.92 Å². The van der Waals surface area contributed by atoms with Crippen LogP contribution < -0.4 is 0 Å². The normalized spacial score (nSPS) is 23.3. The molecule has 1 N–H and O–H groups in total. The van der Waals surface area contributed by atoms with E-state index in [1.165, 1.54) is 30.6 Å². The number of aromatic amines is 1. The van der Waals surface area contributed by atoms with Crippen LogP contribution in [0.3, 0.4) is 0 Å². The highest BCUT2D eigenvalue weighted by molar-refractivity contribution is 5.86. The molecular formula is C15H17FN2. The minimum absolute atomic E-state index is 0.112. The largest absolute Gasteiger partial charge is 0.356 e. The monoisotopic (exact) mass is 244 g/mol. The van der Waals surface area contributed by atoms with E-state index in [2.05, 4.69) is 16.0 Å². The smallest absolute Gasteiger partial charge is 0.147 e. The molecule has 1 unspecified atom stereocenters. The number of aryl methyl sites for hydroxylation is 1. The Labute approximate surface area is 106 Å². The topological polar surface area (TPSA) is 19.0 Å². The first-order chi connectivity index (χ1) is 8.72. The van der Waals surface area contributed by atoms with Crippen molar-refractivity contribution in [1.29, 1.82) is 0 Å². The Morgan fingerprint density at radius 1 is 1.39 bits per heavy atom. The first-order valence-corrected chi connectivity index (χ1v) is 6.76. The maximum absolute atomic E-state index is 14.0. The number of nitrogens with one attached hydrogen (secondary N) is 1. The summed E-state index contributed by atoms with van der Waals surface area (Å²) in [7, 11) is 0. The van der Waals surface area contributed by atoms with E-state index in [-0.39, 0.29) is 5.82 Å². The van der Waals surface area contributed by atoms with Crippen LogP contribution in [0.4, 0.5) is 4.39 Å². The Hall–Kier alpha value is -1.35. The van der Waals surface area contributed by atoms with Gasteiger partial charge in [0.15, 0.2) is 0 Å². The van der Waals surface area contributed by atoms with Gasteiger partial charge in [-0.05, 0) is 49.6 Å². The highest BCUT2D eigenvalue weighted by Crippen LogP contribution is 2.35. The van der Waals surface area contributed by atoms with Gasteiger partial charge in [-0.25, -0.2) is 4.39 Å². The fraction of sp³-hybridized carbons (Fsp3) is 0.467. The van der Waals surface area contributed by atoms with Gasteiger partial charge in [-0.2, -0.15) is 0 Å². The van der Waals surface area contributed by atoms with Gasteiger partial charge < -0.3 is 4.98 Å². The quantitative estimate of drug-likeness (QED) is 0.754. The van der Waals surface area contributed by atoms with E-state index in [0.717, 1.165) is 23.9 Å². The summed E-state index contributed by atoms with van der Waals surface area (Å²) < 4.78 is 14.0. The second kappa shape index (κ2) is 3.58. The second-order valence-corrected chi connectivity index (χ2v) is 5.72. The van der Waals surface area contributed by atoms with Gasteiger partial charge in [-0.1, -0.05) is 0 Å². The van der Waals surface area contributed by atoms with Gasteiger partial charge in [0.2, 0.25) is 0 Å². The molecule has 3 heterocycles. The molecule has 0 aliphatic carbocycles. The number of H-pyrrole nitrogens is 1. The number of fused-ring (bicyclic) bond motifs is 4. The first-order valence-electron chi connectivity index (χ1n) is 6.76. The van der Waals surface area contributed by atoms with Gasteiger partial charge in [-0.15, -0.1) is 0 Å². The SMILES string of the molecule is Cc1cc(F)c2[nH]c3c(c2c1)CN1CCCC1C3. The molecule has 0 spiro atoms. The summed E-state index contributed by atoms with van der Waals surface area (Å²) in [6.45, 7) is 4.15. The average molecular weight is 244 g/mol. The Balaban J connectivity index is 1.92. The van der Waals surface area contributed by atoms with Gasteiger partial charge in [0, 0.05) is 30.1 Å². The molecule has 2 aliphatic heterocycles. The lowest BCUT2D eigenvalue weighted by Gasteiger charge is -2.29. The van der Waals surface area contributed by atoms with Gasteiger partial charge in [0.25, 0.3) is 0 Å². The van der Waals surface area contributed by atoms with Gasteiger partial charge in [0.05, 0.1) is 5.52 Å². The van der Waals surface area contributed by atoms with Crippen molar-refractivity contribution in [3.05, 3.63) is 34.8 Å². The van der Waals surface area contributed by atoms with Gasteiger partial charge >= 0.3 is 0 Å². The zero-order valence-corrected chi connectivity index (χ0v) is 10.6. The van der Waals surface area contributed by atoms with Crippen LogP contribution in [0.25, 0.3) is 10.9 Å². The van der Waals surface area contributed by atoms with Crippen molar-refractivity contribution in [1.82, 2.24) is 9.88 Å². The summed E-state index contributed by atoms with van der Waals surface area (Å²) in [5.74, 6) is -0.112. The average Bonchev–Trinajstić information content (AvgIpc) is 2.90. The van der Waals surface area contributed by atoms with Crippen molar-refractivity contribution in [3.63, 3.8) is 0 Å². The molecule has 2 aliphatic rings.